The number of rotatable bonds is 11. The van der Waals surface area contributed by atoms with Gasteiger partial charge in [-0.2, -0.15) is 5.10 Å². The first-order valence-corrected chi connectivity index (χ1v) is 12.4. The lowest BCUT2D eigenvalue weighted by atomic mass is 10.0. The largest absolute Gasteiger partial charge is 0.519 e. The van der Waals surface area contributed by atoms with Gasteiger partial charge in [-0.3, -0.25) is 4.68 Å². The van der Waals surface area contributed by atoms with E-state index in [1.165, 1.54) is 6.92 Å². The lowest BCUT2D eigenvalue weighted by Gasteiger charge is -2.17. The summed E-state index contributed by atoms with van der Waals surface area (Å²) in [6.07, 6.45) is -1.14. The minimum atomic E-state index is -1.47. The number of aromatic carboxylic acids is 2. The number of nitrogens with zero attached hydrogens (tertiary/aromatic N) is 2. The Morgan fingerprint density at radius 2 is 1.67 bits per heavy atom. The van der Waals surface area contributed by atoms with Crippen LogP contribution in [0, 0.1) is 6.92 Å². The maximum absolute atomic E-state index is 11.8. The van der Waals surface area contributed by atoms with Crippen molar-refractivity contribution in [1.82, 2.24) is 9.78 Å². The van der Waals surface area contributed by atoms with Crippen molar-refractivity contribution in [2.75, 3.05) is 7.11 Å². The van der Waals surface area contributed by atoms with Crippen LogP contribution in [-0.4, -0.2) is 62.3 Å². The predicted octanol–water partition coefficient (Wildman–Crippen LogP) is 1.85. The zero-order valence-corrected chi connectivity index (χ0v) is 22.6. The van der Waals surface area contributed by atoms with E-state index >= 15 is 0 Å². The summed E-state index contributed by atoms with van der Waals surface area (Å²) in [6.45, 7) is 1.37. The Bertz CT molecular complexity index is 1560. The number of ether oxygens (including phenoxy) is 2. The van der Waals surface area contributed by atoms with Crippen LogP contribution in [0.25, 0.3) is 0 Å². The molecule has 2 heterocycles. The van der Waals surface area contributed by atoms with Crippen molar-refractivity contribution >= 4 is 17.9 Å². The van der Waals surface area contributed by atoms with E-state index in [0.717, 1.165) is 21.9 Å². The van der Waals surface area contributed by atoms with Crippen molar-refractivity contribution in [2.45, 2.75) is 38.6 Å². The van der Waals surface area contributed by atoms with Crippen molar-refractivity contribution in [2.24, 2.45) is 5.73 Å². The van der Waals surface area contributed by atoms with E-state index in [1.807, 2.05) is 30.3 Å². The van der Waals surface area contributed by atoms with Gasteiger partial charge in [0.2, 0.25) is 0 Å². The van der Waals surface area contributed by atoms with Crippen molar-refractivity contribution in [3.05, 3.63) is 105 Å². The fraction of sp³-hybridized carbons (Fsp3) is 0.250. The zero-order valence-electron chi connectivity index (χ0n) is 22.6. The summed E-state index contributed by atoms with van der Waals surface area (Å²) in [5, 5.41) is 31.6. The Labute approximate surface area is 238 Å². The molecule has 0 aliphatic heterocycles. The molecule has 42 heavy (non-hydrogen) atoms. The van der Waals surface area contributed by atoms with Gasteiger partial charge in [-0.05, 0) is 36.6 Å². The highest BCUT2D eigenvalue weighted by Gasteiger charge is 2.25. The average molecular weight is 584 g/mol. The summed E-state index contributed by atoms with van der Waals surface area (Å²) in [7, 11) is 1.55. The van der Waals surface area contributed by atoms with Gasteiger partial charge in [0, 0.05) is 12.1 Å². The van der Waals surface area contributed by atoms with Crippen LogP contribution >= 0.6 is 0 Å². The van der Waals surface area contributed by atoms with Gasteiger partial charge in [0.1, 0.15) is 11.4 Å². The molecule has 2 atom stereocenters. The molecule has 4 rings (SSSR count). The van der Waals surface area contributed by atoms with Crippen LogP contribution in [0.5, 0.6) is 5.75 Å². The number of carbonyl (C=O) groups excluding carboxylic acids is 1. The van der Waals surface area contributed by atoms with E-state index in [0.29, 0.717) is 12.2 Å². The summed E-state index contributed by atoms with van der Waals surface area (Å²) in [6, 6.07) is 16.5. The number of carbonyl (C=O) groups is 3. The van der Waals surface area contributed by atoms with Crippen LogP contribution < -0.4 is 16.3 Å². The molecule has 4 aromatic rings. The molecular formula is C28H29N3O11. The number of aliphatic hydroxyl groups is 1. The Morgan fingerprint density at radius 1 is 1.00 bits per heavy atom. The van der Waals surface area contributed by atoms with E-state index < -0.39 is 35.9 Å². The molecule has 0 bridgehead atoms. The second-order valence-electron chi connectivity index (χ2n) is 8.87. The average Bonchev–Trinajstić information content (AvgIpc) is 3.54. The summed E-state index contributed by atoms with van der Waals surface area (Å²) >= 11 is 0. The molecule has 0 fully saturated rings. The molecule has 14 nitrogen and oxygen atoms in total. The molecule has 5 N–H and O–H groups in total. The number of esters is 1. The molecule has 0 amide bonds. The molecule has 0 aliphatic rings. The van der Waals surface area contributed by atoms with Crippen LogP contribution in [0.1, 0.15) is 43.6 Å². The van der Waals surface area contributed by atoms with E-state index in [4.69, 9.17) is 25.4 Å². The Balaban J connectivity index is 0.000000231. The Hall–Kier alpha value is -5.21. The standard InChI is InChI=1S/C15H17NO6.C13H12N2O5/c1-9-12(22-15(19)21-9)8-20-14(18)13(17)11(16)7-10-5-3-2-4-6-10;1-20-9-4-2-8(3-5-9)7-15-11(13(18)19)6-10(14-15)12(16)17/h2-6,11,13,17H,7-8,16H2,1H3;2-6H,7H2,1H3,(H,16,17)(H,18,19)/t11-,13-;/m1./s1. The van der Waals surface area contributed by atoms with Crippen LogP contribution in [0.3, 0.4) is 0 Å². The molecule has 0 aliphatic carbocycles. The highest BCUT2D eigenvalue weighted by atomic mass is 16.6. The molecule has 0 radical (unpaired) electrons. The topological polar surface area (TPSA) is 218 Å². The highest BCUT2D eigenvalue weighted by molar-refractivity contribution is 5.91. The second-order valence-corrected chi connectivity index (χ2v) is 8.87. The van der Waals surface area contributed by atoms with Crippen molar-refractivity contribution in [3.8, 4) is 5.75 Å². The molecule has 222 valence electrons. The lowest BCUT2D eigenvalue weighted by molar-refractivity contribution is -0.156. The molecule has 0 saturated carbocycles. The van der Waals surface area contributed by atoms with Gasteiger partial charge in [-0.15, -0.1) is 0 Å². The van der Waals surface area contributed by atoms with E-state index in [-0.39, 0.29) is 36.1 Å². The molecule has 0 saturated heterocycles. The smallest absolute Gasteiger partial charge is 0.497 e. The number of hydrogen-bond acceptors (Lipinski definition) is 11. The molecule has 0 spiro atoms. The highest BCUT2D eigenvalue weighted by Crippen LogP contribution is 2.14. The number of aliphatic hydroxyl groups excluding tert-OH is 1. The second kappa shape index (κ2) is 14.4. The van der Waals surface area contributed by atoms with Gasteiger partial charge in [0.05, 0.1) is 13.7 Å². The third-order valence-electron chi connectivity index (χ3n) is 5.85. The van der Waals surface area contributed by atoms with Crippen molar-refractivity contribution in [3.63, 3.8) is 0 Å². The number of benzene rings is 2. The fourth-order valence-corrected chi connectivity index (χ4v) is 3.62. The zero-order chi connectivity index (χ0) is 30.8. The number of carboxylic acids is 2. The third-order valence-corrected chi connectivity index (χ3v) is 5.85. The predicted molar refractivity (Wildman–Crippen MR) is 144 cm³/mol. The molecule has 14 heteroatoms. The van der Waals surface area contributed by atoms with Crippen LogP contribution in [-0.2, 0) is 29.1 Å². The van der Waals surface area contributed by atoms with Gasteiger partial charge in [0.25, 0.3) is 0 Å². The summed E-state index contributed by atoms with van der Waals surface area (Å²) in [5.74, 6) is -3.24. The van der Waals surface area contributed by atoms with Crippen molar-refractivity contribution < 1.29 is 48.0 Å². The number of aromatic nitrogens is 2. The van der Waals surface area contributed by atoms with E-state index in [1.54, 1.807) is 31.4 Å². The summed E-state index contributed by atoms with van der Waals surface area (Å²) in [4.78, 5) is 44.5. The van der Waals surface area contributed by atoms with Gasteiger partial charge >= 0.3 is 23.7 Å². The molecular weight excluding hydrogens is 554 g/mol. The van der Waals surface area contributed by atoms with Gasteiger partial charge < -0.3 is 39.4 Å². The van der Waals surface area contributed by atoms with Crippen molar-refractivity contribution in [1.29, 1.82) is 0 Å². The third kappa shape index (κ3) is 8.64. The first kappa shape index (κ1) is 31.3. The van der Waals surface area contributed by atoms with Gasteiger partial charge in [0.15, 0.2) is 29.9 Å². The number of aryl methyl sites for hydroxylation is 1. The molecule has 2 aromatic heterocycles. The van der Waals surface area contributed by atoms with Crippen LogP contribution in [0.15, 0.2) is 74.3 Å². The minimum absolute atomic E-state index is 0.0992. The van der Waals surface area contributed by atoms with E-state index in [9.17, 15) is 24.3 Å². The van der Waals surface area contributed by atoms with Gasteiger partial charge in [-0.1, -0.05) is 42.5 Å². The number of methoxy groups -OCH3 is 1. The minimum Gasteiger partial charge on any atom is -0.497 e. The summed E-state index contributed by atoms with van der Waals surface area (Å²) < 4.78 is 20.4. The maximum Gasteiger partial charge on any atom is 0.519 e. The SMILES string of the molecule is COc1ccc(Cn2nc(C(=O)O)cc2C(=O)O)cc1.Cc1oc(=O)oc1COC(=O)[C@H](O)[C@H](N)Cc1ccccc1. The van der Waals surface area contributed by atoms with Crippen LogP contribution in [0.4, 0.5) is 0 Å². The maximum atomic E-state index is 11.8. The summed E-state index contributed by atoms with van der Waals surface area (Å²) in [5.41, 5.74) is 7.03. The number of nitrogens with two attached hydrogens (primary N) is 1. The number of hydrogen-bond donors (Lipinski definition) is 4. The van der Waals surface area contributed by atoms with Crippen LogP contribution in [0.2, 0.25) is 0 Å². The van der Waals surface area contributed by atoms with E-state index in [2.05, 4.69) is 13.9 Å². The fourth-order valence-electron chi connectivity index (χ4n) is 3.62. The Kier molecular flexibility index (Phi) is 10.8. The molecule has 2 aromatic carbocycles. The molecule has 0 unspecified atom stereocenters. The number of carboxylic acid groups (broad SMARTS) is 2. The normalized spacial score (nSPS) is 12.0. The van der Waals surface area contributed by atoms with Gasteiger partial charge in [-0.25, -0.2) is 19.2 Å². The lowest BCUT2D eigenvalue weighted by Crippen LogP contribution is -2.42. The quantitative estimate of drug-likeness (QED) is 0.186. The first-order valence-electron chi connectivity index (χ1n) is 12.4. The Morgan fingerprint density at radius 3 is 2.21 bits per heavy atom. The first-order chi connectivity index (χ1) is 20.0. The monoisotopic (exact) mass is 583 g/mol.